The molecule has 1 aromatic rings. The molecule has 88 valence electrons. The lowest BCUT2D eigenvalue weighted by atomic mass is 9.92. The Hall–Kier alpha value is -0.830. The summed E-state index contributed by atoms with van der Waals surface area (Å²) in [6.45, 7) is 7.58. The van der Waals surface area contributed by atoms with Crippen LogP contribution in [0.4, 0.5) is 5.82 Å². The van der Waals surface area contributed by atoms with Crippen molar-refractivity contribution in [1.29, 1.82) is 0 Å². The molecule has 4 heteroatoms. The molecule has 0 aromatic carbocycles. The Morgan fingerprint density at radius 1 is 1.38 bits per heavy atom. The normalized spacial score (nSPS) is 25.9. The maximum atomic E-state index is 5.90. The summed E-state index contributed by atoms with van der Waals surface area (Å²) in [6.07, 6.45) is 2.53. The van der Waals surface area contributed by atoms with Crippen LogP contribution in [0.15, 0.2) is 6.07 Å². The summed E-state index contributed by atoms with van der Waals surface area (Å²) in [5, 5.41) is 0.348. The van der Waals surface area contributed by atoms with Crippen molar-refractivity contribution in [2.45, 2.75) is 39.7 Å². The molecule has 0 radical (unpaired) electrons. The molecule has 1 aromatic heterocycles. The highest BCUT2D eigenvalue weighted by molar-refractivity contribution is 6.28. The fourth-order valence-electron chi connectivity index (χ4n) is 2.32. The van der Waals surface area contributed by atoms with Crippen LogP contribution < -0.4 is 4.90 Å². The van der Waals surface area contributed by atoms with E-state index in [1.54, 1.807) is 0 Å². The third kappa shape index (κ3) is 2.29. The first-order chi connectivity index (χ1) is 7.58. The van der Waals surface area contributed by atoms with E-state index in [0.717, 1.165) is 18.1 Å². The molecule has 0 N–H and O–H groups in total. The average molecular weight is 240 g/mol. The van der Waals surface area contributed by atoms with Crippen molar-refractivity contribution < 1.29 is 0 Å². The molecule has 0 aliphatic carbocycles. The number of anilines is 1. The van der Waals surface area contributed by atoms with Crippen molar-refractivity contribution in [1.82, 2.24) is 9.97 Å². The van der Waals surface area contributed by atoms with E-state index in [0.29, 0.717) is 17.2 Å². The van der Waals surface area contributed by atoms with Crippen LogP contribution in [0.2, 0.25) is 5.28 Å². The third-order valence-corrected chi connectivity index (χ3v) is 3.65. The second kappa shape index (κ2) is 4.58. The molecule has 0 spiro atoms. The van der Waals surface area contributed by atoms with Gasteiger partial charge in [0.05, 0.1) is 0 Å². The molecule has 1 aliphatic rings. The predicted octanol–water partition coefficient (Wildman–Crippen LogP) is 3.06. The molecule has 2 heterocycles. The van der Waals surface area contributed by atoms with Gasteiger partial charge in [-0.1, -0.05) is 6.92 Å². The summed E-state index contributed by atoms with van der Waals surface area (Å²) in [5.41, 5.74) is 0.931. The van der Waals surface area contributed by atoms with E-state index < -0.39 is 0 Å². The van der Waals surface area contributed by atoms with Crippen molar-refractivity contribution in [2.75, 3.05) is 11.4 Å². The number of hydrogen-bond acceptors (Lipinski definition) is 3. The Labute approximate surface area is 102 Å². The van der Waals surface area contributed by atoms with Crippen molar-refractivity contribution in [2.24, 2.45) is 5.92 Å². The van der Waals surface area contributed by atoms with Gasteiger partial charge >= 0.3 is 0 Å². The molecular weight excluding hydrogens is 222 g/mol. The molecule has 1 saturated heterocycles. The molecule has 0 amide bonds. The predicted molar refractivity (Wildman–Crippen MR) is 67.0 cm³/mol. The highest BCUT2D eigenvalue weighted by Crippen LogP contribution is 2.27. The molecule has 2 unspecified atom stereocenters. The number of nitrogens with zero attached hydrogens (tertiary/aromatic N) is 3. The van der Waals surface area contributed by atoms with Gasteiger partial charge in [-0.3, -0.25) is 0 Å². The van der Waals surface area contributed by atoms with E-state index in [-0.39, 0.29) is 0 Å². The van der Waals surface area contributed by atoms with E-state index in [1.165, 1.54) is 12.8 Å². The quantitative estimate of drug-likeness (QED) is 0.706. The van der Waals surface area contributed by atoms with Crippen LogP contribution in [-0.4, -0.2) is 22.6 Å². The van der Waals surface area contributed by atoms with Gasteiger partial charge in [0.1, 0.15) is 5.82 Å². The third-order valence-electron chi connectivity index (χ3n) is 3.48. The van der Waals surface area contributed by atoms with Crippen LogP contribution in [0.5, 0.6) is 0 Å². The van der Waals surface area contributed by atoms with Gasteiger partial charge in [-0.15, -0.1) is 0 Å². The van der Waals surface area contributed by atoms with Gasteiger partial charge in [-0.2, -0.15) is 0 Å². The lowest BCUT2D eigenvalue weighted by Crippen LogP contribution is -2.43. The second-order valence-corrected chi connectivity index (χ2v) is 5.03. The highest BCUT2D eigenvalue weighted by Gasteiger charge is 2.25. The molecule has 2 rings (SSSR count). The fraction of sp³-hybridized carbons (Fsp3) is 0.667. The summed E-state index contributed by atoms with van der Waals surface area (Å²) < 4.78 is 0. The minimum Gasteiger partial charge on any atom is -0.353 e. The van der Waals surface area contributed by atoms with Crippen LogP contribution in [0.1, 0.15) is 32.4 Å². The lowest BCUT2D eigenvalue weighted by molar-refractivity contribution is 0.361. The number of aromatic nitrogens is 2. The molecule has 1 fully saturated rings. The van der Waals surface area contributed by atoms with Crippen molar-refractivity contribution >= 4 is 17.4 Å². The maximum Gasteiger partial charge on any atom is 0.224 e. The first-order valence-corrected chi connectivity index (χ1v) is 6.23. The number of hydrogen-bond donors (Lipinski definition) is 0. The SMILES string of the molecule is Cc1cc(N2CCCC(C)C2C)nc(Cl)n1. The van der Waals surface area contributed by atoms with Crippen LogP contribution in [0.3, 0.4) is 0 Å². The molecular formula is C12H18ClN3. The monoisotopic (exact) mass is 239 g/mol. The zero-order valence-electron chi connectivity index (χ0n) is 10.1. The van der Waals surface area contributed by atoms with E-state index >= 15 is 0 Å². The van der Waals surface area contributed by atoms with Crippen LogP contribution in [0.25, 0.3) is 0 Å². The molecule has 3 nitrogen and oxygen atoms in total. The van der Waals surface area contributed by atoms with Crippen LogP contribution >= 0.6 is 11.6 Å². The van der Waals surface area contributed by atoms with Gasteiger partial charge in [-0.25, -0.2) is 9.97 Å². The summed E-state index contributed by atoms with van der Waals surface area (Å²) in [6, 6.07) is 2.54. The first-order valence-electron chi connectivity index (χ1n) is 5.86. The highest BCUT2D eigenvalue weighted by atomic mass is 35.5. The minimum absolute atomic E-state index is 0.348. The van der Waals surface area contributed by atoms with Gasteiger partial charge in [-0.05, 0) is 44.2 Å². The Morgan fingerprint density at radius 3 is 2.81 bits per heavy atom. The zero-order valence-corrected chi connectivity index (χ0v) is 10.8. The van der Waals surface area contributed by atoms with Gasteiger partial charge in [0.25, 0.3) is 0 Å². The molecule has 0 saturated carbocycles. The minimum atomic E-state index is 0.348. The number of piperidine rings is 1. The van der Waals surface area contributed by atoms with E-state index in [9.17, 15) is 0 Å². The van der Waals surface area contributed by atoms with Crippen molar-refractivity contribution in [3.8, 4) is 0 Å². The summed E-state index contributed by atoms with van der Waals surface area (Å²) in [4.78, 5) is 10.8. The zero-order chi connectivity index (χ0) is 11.7. The smallest absolute Gasteiger partial charge is 0.224 e. The van der Waals surface area contributed by atoms with E-state index in [2.05, 4.69) is 28.7 Å². The van der Waals surface area contributed by atoms with Crippen molar-refractivity contribution in [3.63, 3.8) is 0 Å². The Balaban J connectivity index is 2.28. The van der Waals surface area contributed by atoms with Gasteiger partial charge < -0.3 is 4.90 Å². The Kier molecular flexibility index (Phi) is 3.33. The number of aryl methyl sites for hydroxylation is 1. The summed E-state index contributed by atoms with van der Waals surface area (Å²) in [7, 11) is 0. The van der Waals surface area contributed by atoms with Gasteiger partial charge in [0.15, 0.2) is 0 Å². The Bertz CT molecular complexity index is 360. The summed E-state index contributed by atoms with van der Waals surface area (Å²) >= 11 is 5.90. The topological polar surface area (TPSA) is 29.0 Å². The van der Waals surface area contributed by atoms with Gasteiger partial charge in [0, 0.05) is 24.3 Å². The van der Waals surface area contributed by atoms with Crippen molar-refractivity contribution in [3.05, 3.63) is 17.0 Å². The summed E-state index contributed by atoms with van der Waals surface area (Å²) in [5.74, 6) is 1.68. The molecule has 2 atom stereocenters. The standard InChI is InChI=1S/C12H18ClN3/c1-8-5-4-6-16(10(8)3)11-7-9(2)14-12(13)15-11/h7-8,10H,4-6H2,1-3H3. The molecule has 0 bridgehead atoms. The molecule has 1 aliphatic heterocycles. The van der Waals surface area contributed by atoms with Crippen LogP contribution in [0, 0.1) is 12.8 Å². The number of halogens is 1. The van der Waals surface area contributed by atoms with Crippen LogP contribution in [-0.2, 0) is 0 Å². The maximum absolute atomic E-state index is 5.90. The fourth-order valence-corrected chi connectivity index (χ4v) is 2.54. The molecule has 16 heavy (non-hydrogen) atoms. The number of rotatable bonds is 1. The first kappa shape index (κ1) is 11.6. The largest absolute Gasteiger partial charge is 0.353 e. The second-order valence-electron chi connectivity index (χ2n) is 4.69. The van der Waals surface area contributed by atoms with Gasteiger partial charge in [0.2, 0.25) is 5.28 Å². The van der Waals surface area contributed by atoms with E-state index in [1.807, 2.05) is 13.0 Å². The Morgan fingerprint density at radius 2 is 2.12 bits per heavy atom. The average Bonchev–Trinajstić information content (AvgIpc) is 2.20. The van der Waals surface area contributed by atoms with E-state index in [4.69, 9.17) is 11.6 Å². The lowest BCUT2D eigenvalue weighted by Gasteiger charge is -2.38.